The van der Waals surface area contributed by atoms with Crippen LogP contribution in [0.4, 0.5) is 0 Å². The standard InChI is InChI=1S/C21H33N5O4/c1-7-22-21(23-10-8-9-18-25-20(14(2)3)26-30-18)24-13-15-11-16(27-4)19(29-6)17(12-15)28-5/h11-12,14H,7-10,13H2,1-6H3,(H2,22,23,24). The van der Waals surface area contributed by atoms with Crippen LogP contribution in [-0.2, 0) is 13.0 Å². The van der Waals surface area contributed by atoms with Crippen LogP contribution in [0.1, 0.15) is 50.4 Å². The average molecular weight is 420 g/mol. The fourth-order valence-electron chi connectivity index (χ4n) is 2.79. The van der Waals surface area contributed by atoms with Crippen molar-refractivity contribution in [2.45, 2.75) is 46.1 Å². The molecule has 0 unspecified atom stereocenters. The fraction of sp³-hybridized carbons (Fsp3) is 0.571. The first-order chi connectivity index (χ1) is 14.5. The van der Waals surface area contributed by atoms with Crippen LogP contribution in [0.2, 0.25) is 0 Å². The van der Waals surface area contributed by atoms with E-state index in [9.17, 15) is 0 Å². The van der Waals surface area contributed by atoms with Crippen LogP contribution < -0.4 is 24.8 Å². The first kappa shape index (κ1) is 23.3. The monoisotopic (exact) mass is 419 g/mol. The van der Waals surface area contributed by atoms with Crippen molar-refractivity contribution in [2.75, 3.05) is 34.4 Å². The summed E-state index contributed by atoms with van der Waals surface area (Å²) in [5.41, 5.74) is 0.953. The van der Waals surface area contributed by atoms with Gasteiger partial charge in [-0.25, -0.2) is 4.99 Å². The largest absolute Gasteiger partial charge is 0.493 e. The minimum absolute atomic E-state index is 0.267. The lowest BCUT2D eigenvalue weighted by Crippen LogP contribution is -2.37. The van der Waals surface area contributed by atoms with Gasteiger partial charge in [0.05, 0.1) is 27.9 Å². The smallest absolute Gasteiger partial charge is 0.226 e. The Labute approximate surface area is 178 Å². The van der Waals surface area contributed by atoms with E-state index in [1.165, 1.54) is 0 Å². The van der Waals surface area contributed by atoms with Crippen molar-refractivity contribution < 1.29 is 18.7 Å². The number of nitrogens with zero attached hydrogens (tertiary/aromatic N) is 3. The van der Waals surface area contributed by atoms with E-state index in [2.05, 4.69) is 25.8 Å². The van der Waals surface area contributed by atoms with Gasteiger partial charge in [0, 0.05) is 25.4 Å². The summed E-state index contributed by atoms with van der Waals surface area (Å²) in [6, 6.07) is 3.80. The van der Waals surface area contributed by atoms with E-state index >= 15 is 0 Å². The predicted molar refractivity (Wildman–Crippen MR) is 116 cm³/mol. The van der Waals surface area contributed by atoms with Crippen molar-refractivity contribution in [2.24, 2.45) is 4.99 Å². The number of ether oxygens (including phenoxy) is 3. The molecule has 1 aromatic heterocycles. The summed E-state index contributed by atoms with van der Waals surface area (Å²) in [5, 5.41) is 10.6. The summed E-state index contributed by atoms with van der Waals surface area (Å²) < 4.78 is 21.5. The van der Waals surface area contributed by atoms with Gasteiger partial charge in [0.2, 0.25) is 11.6 Å². The summed E-state index contributed by atoms with van der Waals surface area (Å²) >= 11 is 0. The number of rotatable bonds is 11. The number of nitrogens with one attached hydrogen (secondary N) is 2. The highest BCUT2D eigenvalue weighted by Crippen LogP contribution is 2.38. The van der Waals surface area contributed by atoms with Gasteiger partial charge in [0.25, 0.3) is 0 Å². The molecule has 1 aromatic carbocycles. The van der Waals surface area contributed by atoms with E-state index in [1.54, 1.807) is 21.3 Å². The molecule has 30 heavy (non-hydrogen) atoms. The molecule has 2 N–H and O–H groups in total. The molecule has 166 valence electrons. The second-order valence-corrected chi connectivity index (χ2v) is 6.96. The van der Waals surface area contributed by atoms with Crippen LogP contribution in [0.25, 0.3) is 0 Å². The predicted octanol–water partition coefficient (Wildman–Crippen LogP) is 2.91. The summed E-state index contributed by atoms with van der Waals surface area (Å²) in [7, 11) is 4.79. The van der Waals surface area contributed by atoms with E-state index in [4.69, 9.17) is 18.7 Å². The second-order valence-electron chi connectivity index (χ2n) is 6.96. The first-order valence-electron chi connectivity index (χ1n) is 10.2. The summed E-state index contributed by atoms with van der Waals surface area (Å²) in [6.07, 6.45) is 1.58. The number of aryl methyl sites for hydroxylation is 1. The Morgan fingerprint density at radius 2 is 1.80 bits per heavy atom. The number of benzene rings is 1. The molecule has 1 heterocycles. The highest BCUT2D eigenvalue weighted by molar-refractivity contribution is 5.79. The van der Waals surface area contributed by atoms with E-state index in [0.29, 0.717) is 29.7 Å². The van der Waals surface area contributed by atoms with Crippen molar-refractivity contribution >= 4 is 5.96 Å². The van der Waals surface area contributed by atoms with Crippen LogP contribution in [0.15, 0.2) is 21.6 Å². The van der Waals surface area contributed by atoms with Crippen molar-refractivity contribution in [1.82, 2.24) is 20.8 Å². The molecule has 2 rings (SSSR count). The van der Waals surface area contributed by atoms with E-state index in [1.807, 2.05) is 32.9 Å². The maximum Gasteiger partial charge on any atom is 0.226 e. The quantitative estimate of drug-likeness (QED) is 0.326. The van der Waals surface area contributed by atoms with Crippen molar-refractivity contribution in [3.63, 3.8) is 0 Å². The lowest BCUT2D eigenvalue weighted by molar-refractivity contribution is 0.324. The average Bonchev–Trinajstić information content (AvgIpc) is 3.23. The normalized spacial score (nSPS) is 11.5. The number of guanidine groups is 1. The molecule has 0 saturated heterocycles. The van der Waals surface area contributed by atoms with Crippen LogP contribution in [0.3, 0.4) is 0 Å². The molecule has 0 spiro atoms. The summed E-state index contributed by atoms with van der Waals surface area (Å²) in [4.78, 5) is 9.05. The van der Waals surface area contributed by atoms with Gasteiger partial charge in [-0.05, 0) is 31.0 Å². The Morgan fingerprint density at radius 1 is 1.10 bits per heavy atom. The molecule has 0 saturated carbocycles. The Hall–Kier alpha value is -2.97. The van der Waals surface area contributed by atoms with E-state index in [0.717, 1.165) is 43.3 Å². The van der Waals surface area contributed by atoms with Crippen LogP contribution in [0.5, 0.6) is 17.2 Å². The number of aliphatic imine (C=N–C) groups is 1. The van der Waals surface area contributed by atoms with Crippen molar-refractivity contribution in [3.05, 3.63) is 29.4 Å². The molecule has 0 bridgehead atoms. The lowest BCUT2D eigenvalue weighted by Gasteiger charge is -2.14. The molecule has 0 aliphatic carbocycles. The molecule has 9 nitrogen and oxygen atoms in total. The molecule has 0 radical (unpaired) electrons. The maximum atomic E-state index is 5.41. The third-order valence-corrected chi connectivity index (χ3v) is 4.35. The van der Waals surface area contributed by atoms with Gasteiger partial charge in [0.15, 0.2) is 23.3 Å². The fourth-order valence-corrected chi connectivity index (χ4v) is 2.79. The van der Waals surface area contributed by atoms with Gasteiger partial charge in [0.1, 0.15) is 0 Å². The Balaban J connectivity index is 1.95. The van der Waals surface area contributed by atoms with Gasteiger partial charge in [-0.15, -0.1) is 0 Å². The zero-order valence-electron chi connectivity index (χ0n) is 18.7. The summed E-state index contributed by atoms with van der Waals surface area (Å²) in [5.74, 6) is 4.21. The molecular weight excluding hydrogens is 386 g/mol. The minimum atomic E-state index is 0.267. The van der Waals surface area contributed by atoms with Crippen LogP contribution in [-0.4, -0.2) is 50.5 Å². The molecule has 0 aliphatic heterocycles. The number of aromatic nitrogens is 2. The van der Waals surface area contributed by atoms with Crippen molar-refractivity contribution in [3.8, 4) is 17.2 Å². The van der Waals surface area contributed by atoms with E-state index < -0.39 is 0 Å². The highest BCUT2D eigenvalue weighted by Gasteiger charge is 2.13. The molecule has 0 amide bonds. The van der Waals surface area contributed by atoms with Crippen molar-refractivity contribution in [1.29, 1.82) is 0 Å². The minimum Gasteiger partial charge on any atom is -0.493 e. The third-order valence-electron chi connectivity index (χ3n) is 4.35. The van der Waals surface area contributed by atoms with Gasteiger partial charge < -0.3 is 29.4 Å². The first-order valence-corrected chi connectivity index (χ1v) is 10.2. The van der Waals surface area contributed by atoms with Gasteiger partial charge in [-0.3, -0.25) is 0 Å². The van der Waals surface area contributed by atoms with Gasteiger partial charge >= 0.3 is 0 Å². The Morgan fingerprint density at radius 3 is 2.33 bits per heavy atom. The zero-order chi connectivity index (χ0) is 21.9. The molecule has 9 heteroatoms. The SMILES string of the molecule is CCNC(=NCc1cc(OC)c(OC)c(OC)c1)NCCCc1nc(C(C)C)no1. The van der Waals surface area contributed by atoms with Gasteiger partial charge in [-0.2, -0.15) is 4.98 Å². The molecule has 2 aromatic rings. The molecule has 0 atom stereocenters. The number of hydrogen-bond donors (Lipinski definition) is 2. The van der Waals surface area contributed by atoms with E-state index in [-0.39, 0.29) is 5.92 Å². The Kier molecular flexibility index (Phi) is 9.24. The third kappa shape index (κ3) is 6.53. The van der Waals surface area contributed by atoms with Crippen LogP contribution in [0, 0.1) is 0 Å². The molecule has 0 aliphatic rings. The van der Waals surface area contributed by atoms with Gasteiger partial charge in [-0.1, -0.05) is 19.0 Å². The topological polar surface area (TPSA) is 103 Å². The highest BCUT2D eigenvalue weighted by atomic mass is 16.5. The lowest BCUT2D eigenvalue weighted by atomic mass is 10.2. The zero-order valence-corrected chi connectivity index (χ0v) is 18.7. The number of hydrogen-bond acceptors (Lipinski definition) is 7. The number of methoxy groups -OCH3 is 3. The van der Waals surface area contributed by atoms with Crippen LogP contribution >= 0.6 is 0 Å². The summed E-state index contributed by atoms with van der Waals surface area (Å²) in [6.45, 7) is 8.09. The molecule has 0 fully saturated rings. The Bertz CT molecular complexity index is 794. The molecular formula is C21H33N5O4. The second kappa shape index (κ2) is 11.9. The maximum absolute atomic E-state index is 5.41.